The van der Waals surface area contributed by atoms with Gasteiger partial charge in [-0.3, -0.25) is 9.59 Å². The summed E-state index contributed by atoms with van der Waals surface area (Å²) in [6.07, 6.45) is 5.71. The average Bonchev–Trinajstić information content (AvgIpc) is 2.89. The molecule has 0 spiro atoms. The highest BCUT2D eigenvalue weighted by Gasteiger charge is 2.30. The van der Waals surface area contributed by atoms with Crippen LogP contribution in [0.3, 0.4) is 0 Å². The van der Waals surface area contributed by atoms with Crippen LogP contribution in [0.1, 0.15) is 53.8 Å². The van der Waals surface area contributed by atoms with Gasteiger partial charge in [-0.2, -0.15) is 0 Å². The van der Waals surface area contributed by atoms with Gasteiger partial charge in [0.25, 0.3) is 5.91 Å². The summed E-state index contributed by atoms with van der Waals surface area (Å²) in [4.78, 5) is 29.3. The Morgan fingerprint density at radius 1 is 0.958 bits per heavy atom. The Morgan fingerprint density at radius 3 is 2.08 bits per heavy atom. The molecule has 1 aliphatic heterocycles. The number of piperazine rings is 1. The first-order valence-electron chi connectivity index (χ1n) is 9.20. The SMILES string of the molecule is Cc1cc(C(=O)N2CCN(C(=O)C3CCCCC3)CC2)c(C)n1C. The van der Waals surface area contributed by atoms with Crippen LogP contribution in [0.4, 0.5) is 0 Å². The standard InChI is InChI=1S/C19H29N3O2/c1-14-13-17(15(2)20(14)3)19(24)22-11-9-21(10-12-22)18(23)16-7-5-4-6-8-16/h13,16H,4-12H2,1-3H3. The van der Waals surface area contributed by atoms with Crippen LogP contribution in [0.15, 0.2) is 6.07 Å². The van der Waals surface area contributed by atoms with Gasteiger partial charge in [0.15, 0.2) is 0 Å². The summed E-state index contributed by atoms with van der Waals surface area (Å²) < 4.78 is 2.05. The van der Waals surface area contributed by atoms with Crippen LogP contribution in [-0.4, -0.2) is 52.4 Å². The third kappa shape index (κ3) is 3.21. The van der Waals surface area contributed by atoms with E-state index < -0.39 is 0 Å². The molecule has 0 aromatic carbocycles. The van der Waals surface area contributed by atoms with Gasteiger partial charge in [0.1, 0.15) is 0 Å². The van der Waals surface area contributed by atoms with Gasteiger partial charge in [-0.25, -0.2) is 0 Å². The fourth-order valence-electron chi connectivity index (χ4n) is 3.98. The van der Waals surface area contributed by atoms with Gasteiger partial charge < -0.3 is 14.4 Å². The highest BCUT2D eigenvalue weighted by Crippen LogP contribution is 2.26. The van der Waals surface area contributed by atoms with Gasteiger partial charge in [-0.15, -0.1) is 0 Å². The maximum absolute atomic E-state index is 12.8. The number of hydrogen-bond acceptors (Lipinski definition) is 2. The van der Waals surface area contributed by atoms with Gasteiger partial charge >= 0.3 is 0 Å². The number of amides is 2. The third-order valence-corrected chi connectivity index (χ3v) is 5.84. The van der Waals surface area contributed by atoms with Crippen molar-refractivity contribution in [2.75, 3.05) is 26.2 Å². The van der Waals surface area contributed by atoms with Crippen molar-refractivity contribution in [1.29, 1.82) is 0 Å². The van der Waals surface area contributed by atoms with Crippen molar-refractivity contribution in [3.63, 3.8) is 0 Å². The molecule has 5 heteroatoms. The minimum absolute atomic E-state index is 0.0981. The minimum Gasteiger partial charge on any atom is -0.351 e. The first-order valence-corrected chi connectivity index (χ1v) is 9.20. The summed E-state index contributed by atoms with van der Waals surface area (Å²) in [5.41, 5.74) is 2.90. The van der Waals surface area contributed by atoms with Crippen LogP contribution >= 0.6 is 0 Å². The molecular weight excluding hydrogens is 302 g/mol. The van der Waals surface area contributed by atoms with E-state index in [0.717, 1.165) is 29.8 Å². The number of rotatable bonds is 2. The zero-order valence-corrected chi connectivity index (χ0v) is 15.2. The van der Waals surface area contributed by atoms with Gasteiger partial charge in [0, 0.05) is 50.5 Å². The minimum atomic E-state index is 0.0981. The Labute approximate surface area is 144 Å². The van der Waals surface area contributed by atoms with E-state index in [4.69, 9.17) is 0 Å². The quantitative estimate of drug-likeness (QED) is 0.836. The number of carbonyl (C=O) groups is 2. The predicted molar refractivity (Wildman–Crippen MR) is 93.9 cm³/mol. The predicted octanol–water partition coefficient (Wildman–Crippen LogP) is 2.51. The van der Waals surface area contributed by atoms with Crippen LogP contribution in [-0.2, 0) is 11.8 Å². The largest absolute Gasteiger partial charge is 0.351 e. The highest BCUT2D eigenvalue weighted by atomic mass is 16.2. The van der Waals surface area contributed by atoms with Gasteiger partial charge in [0.05, 0.1) is 5.56 Å². The summed E-state index contributed by atoms with van der Waals surface area (Å²) >= 11 is 0. The highest BCUT2D eigenvalue weighted by molar-refractivity contribution is 5.96. The van der Waals surface area contributed by atoms with Crippen LogP contribution in [0.2, 0.25) is 0 Å². The molecule has 2 amide bonds. The van der Waals surface area contributed by atoms with E-state index in [1.807, 2.05) is 36.8 Å². The van der Waals surface area contributed by atoms with E-state index >= 15 is 0 Å². The second-order valence-electron chi connectivity index (χ2n) is 7.30. The molecule has 1 aliphatic carbocycles. The fraction of sp³-hybridized carbons (Fsp3) is 0.684. The Kier molecular flexibility index (Phi) is 4.97. The zero-order valence-electron chi connectivity index (χ0n) is 15.2. The van der Waals surface area contributed by atoms with Crippen molar-refractivity contribution in [3.05, 3.63) is 23.0 Å². The molecule has 1 saturated carbocycles. The van der Waals surface area contributed by atoms with Gasteiger partial charge in [-0.05, 0) is 32.8 Å². The van der Waals surface area contributed by atoms with E-state index in [9.17, 15) is 9.59 Å². The van der Waals surface area contributed by atoms with Crippen molar-refractivity contribution in [2.24, 2.45) is 13.0 Å². The molecule has 0 radical (unpaired) electrons. The number of carbonyl (C=O) groups excluding carboxylic acids is 2. The number of hydrogen-bond donors (Lipinski definition) is 0. The fourth-order valence-corrected chi connectivity index (χ4v) is 3.98. The molecule has 1 saturated heterocycles. The van der Waals surface area contributed by atoms with E-state index in [-0.39, 0.29) is 11.8 Å². The topological polar surface area (TPSA) is 45.6 Å². The van der Waals surface area contributed by atoms with Crippen LogP contribution < -0.4 is 0 Å². The number of aromatic nitrogens is 1. The Hall–Kier alpha value is -1.78. The zero-order chi connectivity index (χ0) is 17.3. The third-order valence-electron chi connectivity index (χ3n) is 5.84. The Balaban J connectivity index is 1.59. The van der Waals surface area contributed by atoms with E-state index in [0.29, 0.717) is 32.1 Å². The molecular formula is C19H29N3O2. The molecule has 3 rings (SSSR count). The lowest BCUT2D eigenvalue weighted by Gasteiger charge is -2.37. The summed E-state index contributed by atoms with van der Waals surface area (Å²) in [7, 11) is 1.99. The van der Waals surface area contributed by atoms with E-state index in [1.165, 1.54) is 19.3 Å². The molecule has 0 unspecified atom stereocenters. The monoisotopic (exact) mass is 331 g/mol. The summed E-state index contributed by atoms with van der Waals surface area (Å²) in [5, 5.41) is 0. The Morgan fingerprint density at radius 2 is 1.54 bits per heavy atom. The molecule has 0 atom stereocenters. The summed E-state index contributed by atoms with van der Waals surface area (Å²) in [6, 6.07) is 1.97. The molecule has 132 valence electrons. The van der Waals surface area contributed by atoms with Gasteiger partial charge in [0.2, 0.25) is 5.91 Å². The van der Waals surface area contributed by atoms with Crippen LogP contribution in [0.25, 0.3) is 0 Å². The molecule has 0 N–H and O–H groups in total. The molecule has 2 fully saturated rings. The molecule has 2 heterocycles. The molecule has 0 bridgehead atoms. The molecule has 1 aromatic heterocycles. The maximum Gasteiger partial charge on any atom is 0.255 e. The number of aryl methyl sites for hydroxylation is 1. The first kappa shape index (κ1) is 17.1. The van der Waals surface area contributed by atoms with Crippen molar-refractivity contribution in [3.8, 4) is 0 Å². The number of nitrogens with zero attached hydrogens (tertiary/aromatic N) is 3. The molecule has 24 heavy (non-hydrogen) atoms. The van der Waals surface area contributed by atoms with Crippen molar-refractivity contribution in [1.82, 2.24) is 14.4 Å². The molecule has 1 aromatic rings. The van der Waals surface area contributed by atoms with Crippen LogP contribution in [0.5, 0.6) is 0 Å². The lowest BCUT2D eigenvalue weighted by atomic mass is 9.88. The second-order valence-corrected chi connectivity index (χ2v) is 7.30. The maximum atomic E-state index is 12.8. The normalized spacial score (nSPS) is 19.6. The lowest BCUT2D eigenvalue weighted by Crippen LogP contribution is -2.52. The lowest BCUT2D eigenvalue weighted by molar-refractivity contribution is -0.138. The second kappa shape index (κ2) is 6.99. The smallest absolute Gasteiger partial charge is 0.255 e. The van der Waals surface area contributed by atoms with E-state index in [1.54, 1.807) is 0 Å². The first-order chi connectivity index (χ1) is 11.5. The Bertz CT molecular complexity index is 621. The molecule has 2 aliphatic rings. The van der Waals surface area contributed by atoms with Crippen molar-refractivity contribution in [2.45, 2.75) is 46.0 Å². The van der Waals surface area contributed by atoms with E-state index in [2.05, 4.69) is 4.57 Å². The average molecular weight is 331 g/mol. The van der Waals surface area contributed by atoms with Crippen molar-refractivity contribution < 1.29 is 9.59 Å². The molecule has 5 nitrogen and oxygen atoms in total. The summed E-state index contributed by atoms with van der Waals surface area (Å²) in [5.74, 6) is 0.634. The van der Waals surface area contributed by atoms with Gasteiger partial charge in [-0.1, -0.05) is 19.3 Å². The van der Waals surface area contributed by atoms with Crippen LogP contribution in [0, 0.1) is 19.8 Å². The van der Waals surface area contributed by atoms with Crippen molar-refractivity contribution >= 4 is 11.8 Å². The summed E-state index contributed by atoms with van der Waals surface area (Å²) in [6.45, 7) is 6.64.